The summed E-state index contributed by atoms with van der Waals surface area (Å²) >= 11 is 0. The van der Waals surface area contributed by atoms with Gasteiger partial charge in [-0.2, -0.15) is 0 Å². The van der Waals surface area contributed by atoms with Crippen LogP contribution in [0.5, 0.6) is 5.75 Å². The van der Waals surface area contributed by atoms with Gasteiger partial charge in [-0.25, -0.2) is 0 Å². The minimum atomic E-state index is -0.0551. The van der Waals surface area contributed by atoms with Crippen LogP contribution in [0.4, 0.5) is 0 Å². The molecule has 2 rings (SSSR count). The van der Waals surface area contributed by atoms with Gasteiger partial charge in [0.05, 0.1) is 19.1 Å². The molecule has 0 bridgehead atoms. The highest BCUT2D eigenvalue weighted by Gasteiger charge is 2.27. The Morgan fingerprint density at radius 1 is 1.21 bits per heavy atom. The highest BCUT2D eigenvalue weighted by Crippen LogP contribution is 2.25. The van der Waals surface area contributed by atoms with Crippen LogP contribution in [0.3, 0.4) is 0 Å². The van der Waals surface area contributed by atoms with Crippen LogP contribution in [0.2, 0.25) is 0 Å². The topological polar surface area (TPSA) is 72.0 Å². The molecule has 0 spiro atoms. The molecule has 7 heteroatoms. The van der Waals surface area contributed by atoms with E-state index in [0.717, 1.165) is 37.4 Å². The first-order valence-corrected chi connectivity index (χ1v) is 9.89. The summed E-state index contributed by atoms with van der Waals surface area (Å²) in [6.45, 7) is 7.06. The van der Waals surface area contributed by atoms with Gasteiger partial charge in [-0.15, -0.1) is 24.0 Å². The Bertz CT molecular complexity index is 614. The van der Waals surface area contributed by atoms with Gasteiger partial charge < -0.3 is 20.1 Å². The third-order valence-electron chi connectivity index (χ3n) is 4.83. The molecule has 2 N–H and O–H groups in total. The van der Waals surface area contributed by atoms with E-state index in [0.29, 0.717) is 19.2 Å². The lowest BCUT2D eigenvalue weighted by Crippen LogP contribution is -2.47. The third kappa shape index (κ3) is 8.24. The van der Waals surface area contributed by atoms with Gasteiger partial charge in [0.2, 0.25) is 0 Å². The first kappa shape index (κ1) is 24.5. The summed E-state index contributed by atoms with van der Waals surface area (Å²) in [5.74, 6) is 1.63. The van der Waals surface area contributed by atoms with E-state index in [1.54, 1.807) is 7.05 Å². The molecule has 0 radical (unpaired) electrons. The lowest BCUT2D eigenvalue weighted by Gasteiger charge is -2.29. The Morgan fingerprint density at radius 3 is 2.43 bits per heavy atom. The molecule has 0 heterocycles. The number of nitrogens with zero attached hydrogens (tertiary/aromatic N) is 1. The average molecular weight is 503 g/mol. The number of benzene rings is 1. The van der Waals surface area contributed by atoms with Crippen LogP contribution in [0.15, 0.2) is 29.3 Å². The van der Waals surface area contributed by atoms with E-state index in [1.165, 1.54) is 5.56 Å². The van der Waals surface area contributed by atoms with Gasteiger partial charge >= 0.3 is 5.97 Å². The van der Waals surface area contributed by atoms with Crippen molar-refractivity contribution in [2.75, 3.05) is 20.2 Å². The smallest absolute Gasteiger partial charge is 0.308 e. The number of nitrogens with one attached hydrogen (secondary N) is 2. The zero-order valence-corrected chi connectivity index (χ0v) is 19.7. The van der Waals surface area contributed by atoms with Gasteiger partial charge in [-0.05, 0) is 58.6 Å². The number of rotatable bonds is 7. The Kier molecular flexibility index (Phi) is 11.3. The van der Waals surface area contributed by atoms with E-state index in [4.69, 9.17) is 9.47 Å². The molecule has 158 valence electrons. The maximum absolute atomic E-state index is 11.8. The summed E-state index contributed by atoms with van der Waals surface area (Å²) in [6, 6.07) is 8.39. The number of aliphatic imine (C=N–C) groups is 1. The summed E-state index contributed by atoms with van der Waals surface area (Å²) in [5, 5.41) is 6.78. The van der Waals surface area contributed by atoms with Crippen LogP contribution in [0, 0.1) is 12.8 Å². The molecular weight excluding hydrogens is 469 g/mol. The van der Waals surface area contributed by atoms with Gasteiger partial charge in [0.25, 0.3) is 0 Å². The molecule has 0 aromatic heterocycles. The van der Waals surface area contributed by atoms with Gasteiger partial charge in [0.15, 0.2) is 5.96 Å². The molecule has 1 aromatic rings. The van der Waals surface area contributed by atoms with Gasteiger partial charge in [-0.1, -0.05) is 17.7 Å². The van der Waals surface area contributed by atoms with Crippen molar-refractivity contribution in [2.45, 2.75) is 58.6 Å². The summed E-state index contributed by atoms with van der Waals surface area (Å²) in [5.41, 5.74) is 1.22. The number of guanidine groups is 1. The van der Waals surface area contributed by atoms with Crippen molar-refractivity contribution < 1.29 is 14.3 Å². The van der Waals surface area contributed by atoms with Crippen molar-refractivity contribution in [3.8, 4) is 5.75 Å². The Balaban J connectivity index is 0.00000392. The molecule has 1 aromatic carbocycles. The van der Waals surface area contributed by atoms with Crippen molar-refractivity contribution >= 4 is 35.9 Å². The number of ether oxygens (including phenoxy) is 2. The highest BCUT2D eigenvalue weighted by atomic mass is 127. The minimum Gasteiger partial charge on any atom is -0.489 e. The fourth-order valence-electron chi connectivity index (χ4n) is 3.25. The largest absolute Gasteiger partial charge is 0.489 e. The first-order chi connectivity index (χ1) is 13.0. The van der Waals surface area contributed by atoms with E-state index in [2.05, 4.69) is 22.5 Å². The van der Waals surface area contributed by atoms with Gasteiger partial charge in [-0.3, -0.25) is 9.79 Å². The molecule has 1 aliphatic rings. The van der Waals surface area contributed by atoms with Crippen LogP contribution < -0.4 is 15.4 Å². The van der Waals surface area contributed by atoms with Crippen molar-refractivity contribution in [3.63, 3.8) is 0 Å². The Labute approximate surface area is 185 Å². The van der Waals surface area contributed by atoms with Crippen molar-refractivity contribution in [1.82, 2.24) is 10.6 Å². The maximum atomic E-state index is 11.8. The van der Waals surface area contributed by atoms with E-state index in [-0.39, 0.29) is 42.0 Å². The number of halogens is 1. The zero-order chi connectivity index (χ0) is 19.6. The number of esters is 1. The number of carbonyl (C=O) groups is 1. The fraction of sp³-hybridized carbons (Fsp3) is 0.619. The monoisotopic (exact) mass is 503 g/mol. The quantitative estimate of drug-likeness (QED) is 0.257. The molecule has 6 nitrogen and oxygen atoms in total. The number of carbonyl (C=O) groups excluding carboxylic acids is 1. The summed E-state index contributed by atoms with van der Waals surface area (Å²) < 4.78 is 11.1. The Hall–Kier alpha value is -1.51. The van der Waals surface area contributed by atoms with Crippen molar-refractivity contribution in [3.05, 3.63) is 29.8 Å². The second-order valence-corrected chi connectivity index (χ2v) is 7.14. The van der Waals surface area contributed by atoms with E-state index < -0.39 is 0 Å². The standard InChI is InChI=1S/C21H33N3O3.HI/c1-5-26-20(25)17-8-10-18(11-9-17)24-21(22-4)23-14-16(3)27-19-12-6-15(2)7-13-19;/h6-7,12-13,16-18H,5,8-11,14H2,1-4H3,(H2,22,23,24);1H. The zero-order valence-electron chi connectivity index (χ0n) is 17.4. The number of aryl methyl sites for hydroxylation is 1. The normalized spacial score (nSPS) is 20.5. The van der Waals surface area contributed by atoms with Crippen molar-refractivity contribution in [2.24, 2.45) is 10.9 Å². The first-order valence-electron chi connectivity index (χ1n) is 9.89. The van der Waals surface area contributed by atoms with Crippen LogP contribution in [0.1, 0.15) is 45.1 Å². The fourth-order valence-corrected chi connectivity index (χ4v) is 3.25. The van der Waals surface area contributed by atoms with Crippen LogP contribution >= 0.6 is 24.0 Å². The second-order valence-electron chi connectivity index (χ2n) is 7.14. The van der Waals surface area contributed by atoms with Crippen LogP contribution in [-0.2, 0) is 9.53 Å². The van der Waals surface area contributed by atoms with Gasteiger partial charge in [0, 0.05) is 13.1 Å². The number of hydrogen-bond donors (Lipinski definition) is 2. The molecule has 1 atom stereocenters. The lowest BCUT2D eigenvalue weighted by molar-refractivity contribution is -0.149. The SMILES string of the molecule is CCOC(=O)C1CCC(NC(=NC)NCC(C)Oc2ccc(C)cc2)CC1.I. The molecule has 28 heavy (non-hydrogen) atoms. The molecule has 0 amide bonds. The second kappa shape index (κ2) is 12.9. The Morgan fingerprint density at radius 2 is 1.86 bits per heavy atom. The molecule has 1 saturated carbocycles. The lowest BCUT2D eigenvalue weighted by atomic mass is 9.86. The maximum Gasteiger partial charge on any atom is 0.308 e. The van der Waals surface area contributed by atoms with E-state index in [1.807, 2.05) is 38.1 Å². The number of hydrogen-bond acceptors (Lipinski definition) is 4. The predicted octanol–water partition coefficient (Wildman–Crippen LogP) is 3.67. The third-order valence-corrected chi connectivity index (χ3v) is 4.83. The molecule has 1 unspecified atom stereocenters. The minimum absolute atomic E-state index is 0. The van der Waals surface area contributed by atoms with Crippen LogP contribution in [0.25, 0.3) is 0 Å². The van der Waals surface area contributed by atoms with Gasteiger partial charge in [0.1, 0.15) is 11.9 Å². The summed E-state index contributed by atoms with van der Waals surface area (Å²) in [7, 11) is 1.77. The molecule has 1 fully saturated rings. The average Bonchev–Trinajstić information content (AvgIpc) is 2.67. The van der Waals surface area contributed by atoms with E-state index >= 15 is 0 Å². The highest BCUT2D eigenvalue weighted by molar-refractivity contribution is 14.0. The summed E-state index contributed by atoms with van der Waals surface area (Å²) in [6.07, 6.45) is 3.63. The molecular formula is C21H34IN3O3. The van der Waals surface area contributed by atoms with E-state index in [9.17, 15) is 4.79 Å². The molecule has 1 aliphatic carbocycles. The van der Waals surface area contributed by atoms with Crippen LogP contribution in [-0.4, -0.2) is 44.3 Å². The molecule has 0 saturated heterocycles. The predicted molar refractivity (Wildman–Crippen MR) is 124 cm³/mol. The summed E-state index contributed by atoms with van der Waals surface area (Å²) in [4.78, 5) is 16.1. The van der Waals surface area contributed by atoms with Crippen molar-refractivity contribution in [1.29, 1.82) is 0 Å². The molecule has 0 aliphatic heterocycles.